The Labute approximate surface area is 206 Å². The van der Waals surface area contributed by atoms with Crippen LogP contribution in [0.3, 0.4) is 0 Å². The van der Waals surface area contributed by atoms with E-state index in [-0.39, 0.29) is 26.4 Å². The minimum Gasteiger partial charge on any atom is -0.493 e. The molecule has 9 heteroatoms. The summed E-state index contributed by atoms with van der Waals surface area (Å²) < 4.78 is 36.4. The van der Waals surface area contributed by atoms with E-state index in [1.165, 1.54) is 37.5 Å². The van der Waals surface area contributed by atoms with Crippen molar-refractivity contribution in [2.45, 2.75) is 18.7 Å². The van der Waals surface area contributed by atoms with Gasteiger partial charge in [-0.1, -0.05) is 35.4 Å². The fourth-order valence-electron chi connectivity index (χ4n) is 2.92. The third kappa shape index (κ3) is 6.04. The van der Waals surface area contributed by atoms with E-state index in [2.05, 4.69) is 21.2 Å². The topological polar surface area (TPSA) is 105 Å². The van der Waals surface area contributed by atoms with Gasteiger partial charge in [-0.3, -0.25) is 4.79 Å². The number of hydrogen-bond acceptors (Lipinski definition) is 6. The van der Waals surface area contributed by atoms with Crippen LogP contribution in [0.5, 0.6) is 11.5 Å². The maximum absolute atomic E-state index is 12.7. The van der Waals surface area contributed by atoms with Crippen LogP contribution in [0, 0.1) is 25.2 Å². The summed E-state index contributed by atoms with van der Waals surface area (Å²) in [7, 11) is -2.76. The van der Waals surface area contributed by atoms with Gasteiger partial charge in [-0.15, -0.1) is 0 Å². The lowest BCUT2D eigenvalue weighted by molar-refractivity contribution is -0.112. The highest BCUT2D eigenvalue weighted by atomic mass is 79.9. The van der Waals surface area contributed by atoms with Crippen LogP contribution in [0.25, 0.3) is 6.08 Å². The lowest BCUT2D eigenvalue weighted by atomic mass is 10.1. The Kier molecular flexibility index (Phi) is 7.76. The van der Waals surface area contributed by atoms with Crippen molar-refractivity contribution in [2.75, 3.05) is 12.4 Å². The Bertz CT molecular complexity index is 1390. The number of anilines is 1. The van der Waals surface area contributed by atoms with Crippen molar-refractivity contribution in [2.24, 2.45) is 0 Å². The lowest BCUT2D eigenvalue weighted by Crippen LogP contribution is -2.13. The van der Waals surface area contributed by atoms with Crippen molar-refractivity contribution in [1.29, 1.82) is 5.26 Å². The highest BCUT2D eigenvalue weighted by molar-refractivity contribution is 9.10. The van der Waals surface area contributed by atoms with Crippen molar-refractivity contribution in [3.05, 3.63) is 87.4 Å². The third-order valence-corrected chi connectivity index (χ3v) is 6.56. The highest BCUT2D eigenvalue weighted by Crippen LogP contribution is 2.39. The number of nitrogens with zero attached hydrogens (tertiary/aromatic N) is 1. The van der Waals surface area contributed by atoms with Crippen LogP contribution in [0.1, 0.15) is 16.7 Å². The summed E-state index contributed by atoms with van der Waals surface area (Å²) in [5.41, 5.74) is 2.79. The quantitative estimate of drug-likeness (QED) is 0.244. The average molecular weight is 541 g/mol. The number of halogens is 1. The minimum absolute atomic E-state index is 0.00410. The van der Waals surface area contributed by atoms with Gasteiger partial charge in [0, 0.05) is 5.69 Å². The molecule has 0 bridgehead atoms. The van der Waals surface area contributed by atoms with Crippen LogP contribution < -0.4 is 14.2 Å². The molecule has 3 aromatic carbocycles. The smallest absolute Gasteiger partial charge is 0.339 e. The highest BCUT2D eigenvalue weighted by Gasteiger charge is 2.22. The van der Waals surface area contributed by atoms with E-state index in [4.69, 9.17) is 8.92 Å². The van der Waals surface area contributed by atoms with E-state index in [0.29, 0.717) is 11.3 Å². The maximum atomic E-state index is 12.7. The summed E-state index contributed by atoms with van der Waals surface area (Å²) in [6.45, 7) is 3.77. The van der Waals surface area contributed by atoms with Gasteiger partial charge in [-0.25, -0.2) is 0 Å². The van der Waals surface area contributed by atoms with Crippen LogP contribution in [-0.4, -0.2) is 21.4 Å². The average Bonchev–Trinajstić information content (AvgIpc) is 2.80. The number of ether oxygens (including phenoxy) is 1. The zero-order chi connectivity index (χ0) is 24.9. The number of rotatable bonds is 7. The molecule has 0 heterocycles. The predicted octanol–water partition coefficient (Wildman–Crippen LogP) is 5.39. The van der Waals surface area contributed by atoms with E-state index in [1.807, 2.05) is 32.0 Å². The molecule has 0 saturated carbocycles. The molecule has 0 saturated heterocycles. The number of carbonyl (C=O) groups excluding carboxylic acids is 1. The Balaban J connectivity index is 1.90. The number of methoxy groups -OCH3 is 1. The summed E-state index contributed by atoms with van der Waals surface area (Å²) in [6, 6.07) is 18.3. The number of hydrogen-bond donors (Lipinski definition) is 1. The van der Waals surface area contributed by atoms with Crippen molar-refractivity contribution >= 4 is 43.7 Å². The molecular formula is C25H21BrN2O5S. The molecule has 0 aromatic heterocycles. The fourth-order valence-corrected chi connectivity index (χ4v) is 4.52. The molecular weight excluding hydrogens is 520 g/mol. The summed E-state index contributed by atoms with van der Waals surface area (Å²) >= 11 is 3.30. The molecule has 1 amide bonds. The molecule has 174 valence electrons. The number of nitrogens with one attached hydrogen (secondary N) is 1. The van der Waals surface area contributed by atoms with Gasteiger partial charge in [0.25, 0.3) is 5.91 Å². The number of amides is 1. The summed E-state index contributed by atoms with van der Waals surface area (Å²) in [4.78, 5) is 12.6. The van der Waals surface area contributed by atoms with E-state index < -0.39 is 16.0 Å². The van der Waals surface area contributed by atoms with Crippen molar-refractivity contribution in [3.63, 3.8) is 0 Å². The van der Waals surface area contributed by atoms with Gasteiger partial charge in [0.1, 0.15) is 16.5 Å². The second-order valence-corrected chi connectivity index (χ2v) is 9.78. The Morgan fingerprint density at radius 2 is 1.62 bits per heavy atom. The SMILES string of the molecule is COc1cc(/C=C(/C#N)C(=O)Nc2ccc(C)cc2)cc(Br)c1OS(=O)(=O)c1ccc(C)cc1. The summed E-state index contributed by atoms with van der Waals surface area (Å²) in [5.74, 6) is -0.529. The molecule has 0 radical (unpaired) electrons. The van der Waals surface area contributed by atoms with E-state index >= 15 is 0 Å². The fraction of sp³-hybridized carbons (Fsp3) is 0.120. The maximum Gasteiger partial charge on any atom is 0.339 e. The van der Waals surface area contributed by atoms with Crippen molar-refractivity contribution in [3.8, 4) is 17.6 Å². The predicted molar refractivity (Wildman–Crippen MR) is 133 cm³/mol. The lowest BCUT2D eigenvalue weighted by Gasteiger charge is -2.14. The van der Waals surface area contributed by atoms with Crippen molar-refractivity contribution < 1.29 is 22.1 Å². The number of nitriles is 1. The summed E-state index contributed by atoms with van der Waals surface area (Å²) in [6.07, 6.45) is 1.37. The monoisotopic (exact) mass is 540 g/mol. The van der Waals surface area contributed by atoms with Gasteiger partial charge in [-0.05, 0) is 77.8 Å². The van der Waals surface area contributed by atoms with Crippen LogP contribution >= 0.6 is 15.9 Å². The molecule has 3 aromatic rings. The molecule has 0 fully saturated rings. The third-order valence-electron chi connectivity index (χ3n) is 4.74. The Morgan fingerprint density at radius 1 is 1.03 bits per heavy atom. The van der Waals surface area contributed by atoms with Crippen LogP contribution in [0.4, 0.5) is 5.69 Å². The van der Waals surface area contributed by atoms with E-state index in [0.717, 1.165) is 11.1 Å². The molecule has 34 heavy (non-hydrogen) atoms. The Morgan fingerprint density at radius 3 is 2.18 bits per heavy atom. The van der Waals surface area contributed by atoms with Gasteiger partial charge < -0.3 is 14.2 Å². The van der Waals surface area contributed by atoms with Gasteiger partial charge >= 0.3 is 10.1 Å². The van der Waals surface area contributed by atoms with Gasteiger partial charge in [0.15, 0.2) is 11.5 Å². The number of carbonyl (C=O) groups is 1. The molecule has 1 N–H and O–H groups in total. The molecule has 0 aliphatic heterocycles. The van der Waals surface area contributed by atoms with Gasteiger partial charge in [0.2, 0.25) is 0 Å². The van der Waals surface area contributed by atoms with Crippen molar-refractivity contribution in [1.82, 2.24) is 0 Å². The molecule has 0 spiro atoms. The second kappa shape index (κ2) is 10.5. The molecule has 3 rings (SSSR count). The van der Waals surface area contributed by atoms with Crippen LogP contribution in [0.15, 0.2) is 75.6 Å². The second-order valence-electron chi connectivity index (χ2n) is 7.37. The van der Waals surface area contributed by atoms with Gasteiger partial charge in [0.05, 0.1) is 11.6 Å². The zero-order valence-electron chi connectivity index (χ0n) is 18.6. The standard InChI is InChI=1S/C25H21BrN2O5S/c1-16-4-8-20(9-5-16)28-25(29)19(15-27)12-18-13-22(26)24(23(14-18)32-3)33-34(30,31)21-10-6-17(2)7-11-21/h4-14H,1-3H3,(H,28,29)/b19-12-. The first-order chi connectivity index (χ1) is 16.1. The molecule has 0 atom stereocenters. The first kappa shape index (κ1) is 25.0. The van der Waals surface area contributed by atoms with Crippen LogP contribution in [0.2, 0.25) is 0 Å². The molecule has 0 unspecified atom stereocenters. The first-order valence-electron chi connectivity index (χ1n) is 10.0. The Hall–Kier alpha value is -3.61. The summed E-state index contributed by atoms with van der Waals surface area (Å²) in [5, 5.41) is 12.2. The first-order valence-corrected chi connectivity index (χ1v) is 12.2. The molecule has 0 aliphatic rings. The molecule has 7 nitrogen and oxygen atoms in total. The minimum atomic E-state index is -4.12. The van der Waals surface area contributed by atoms with E-state index in [9.17, 15) is 18.5 Å². The normalized spacial score (nSPS) is 11.4. The zero-order valence-corrected chi connectivity index (χ0v) is 21.0. The number of benzene rings is 3. The molecule has 0 aliphatic carbocycles. The largest absolute Gasteiger partial charge is 0.493 e. The number of aryl methyl sites for hydroxylation is 2. The van der Waals surface area contributed by atoms with Gasteiger partial charge in [-0.2, -0.15) is 13.7 Å². The van der Waals surface area contributed by atoms with Crippen LogP contribution in [-0.2, 0) is 14.9 Å². The van der Waals surface area contributed by atoms with E-state index in [1.54, 1.807) is 24.3 Å².